The molecular weight excluding hydrogens is 262 g/mol. The summed E-state index contributed by atoms with van der Waals surface area (Å²) in [4.78, 5) is 15.1. The molecule has 0 bridgehead atoms. The van der Waals surface area contributed by atoms with Crippen LogP contribution in [0, 0.1) is 0 Å². The lowest BCUT2D eigenvalue weighted by atomic mass is 10.2. The predicted molar refractivity (Wildman–Crippen MR) is 87.0 cm³/mol. The summed E-state index contributed by atoms with van der Waals surface area (Å²) in [6.07, 6.45) is 1.95. The van der Waals surface area contributed by atoms with Gasteiger partial charge in [0.25, 0.3) is 5.56 Å². The molecule has 0 saturated heterocycles. The van der Waals surface area contributed by atoms with E-state index in [0.29, 0.717) is 0 Å². The Balaban J connectivity index is 2.15. The number of rotatable bonds is 5. The van der Waals surface area contributed by atoms with E-state index in [-0.39, 0.29) is 5.56 Å². The molecule has 0 unspecified atom stereocenters. The molecule has 0 N–H and O–H groups in total. The third kappa shape index (κ3) is 2.36. The Kier molecular flexibility index (Phi) is 3.80. The molecule has 0 spiro atoms. The number of nitrogens with zero attached hydrogens (tertiary/aromatic N) is 3. The van der Waals surface area contributed by atoms with Gasteiger partial charge in [-0.15, -0.1) is 0 Å². The zero-order chi connectivity index (χ0) is 14.8. The van der Waals surface area contributed by atoms with E-state index in [1.54, 1.807) is 0 Å². The van der Waals surface area contributed by atoms with Crippen molar-refractivity contribution in [1.82, 2.24) is 13.9 Å². The number of hydrogen-bond acceptors (Lipinski definition) is 2. The Morgan fingerprint density at radius 1 is 0.952 bits per heavy atom. The highest BCUT2D eigenvalue weighted by molar-refractivity contribution is 5.78. The minimum Gasteiger partial charge on any atom is -0.310 e. The standard InChI is InChI=1S/C17H21N3O/c1-3-18(4-2)12-13-20-15-9-6-5-8-14(15)19-11-7-10-16(19)17(20)21/h5-11H,3-4,12-13H2,1-2H3. The normalized spacial score (nSPS) is 11.8. The van der Waals surface area contributed by atoms with E-state index in [2.05, 4.69) is 24.8 Å². The van der Waals surface area contributed by atoms with Gasteiger partial charge in [-0.1, -0.05) is 26.0 Å². The quantitative estimate of drug-likeness (QED) is 0.720. The molecule has 0 aliphatic carbocycles. The van der Waals surface area contributed by atoms with Crippen LogP contribution in [0.15, 0.2) is 47.4 Å². The Morgan fingerprint density at radius 3 is 2.33 bits per heavy atom. The summed E-state index contributed by atoms with van der Waals surface area (Å²) < 4.78 is 3.88. The van der Waals surface area contributed by atoms with Crippen LogP contribution in [0.4, 0.5) is 0 Å². The van der Waals surface area contributed by atoms with Crippen LogP contribution in [0.3, 0.4) is 0 Å². The second-order valence-corrected chi connectivity index (χ2v) is 5.24. The van der Waals surface area contributed by atoms with Gasteiger partial charge in [0.15, 0.2) is 0 Å². The second kappa shape index (κ2) is 5.74. The first-order valence-corrected chi connectivity index (χ1v) is 7.57. The number of para-hydroxylation sites is 2. The Bertz CT molecular complexity index is 812. The lowest BCUT2D eigenvalue weighted by Gasteiger charge is -2.20. The zero-order valence-electron chi connectivity index (χ0n) is 12.6. The molecule has 3 aromatic rings. The molecule has 0 radical (unpaired) electrons. The molecule has 4 nitrogen and oxygen atoms in total. The minimum absolute atomic E-state index is 0.0888. The third-order valence-electron chi connectivity index (χ3n) is 4.18. The number of likely N-dealkylation sites (N-methyl/N-ethyl adjacent to an activating group) is 1. The molecule has 3 rings (SSSR count). The zero-order valence-corrected chi connectivity index (χ0v) is 12.6. The fourth-order valence-corrected chi connectivity index (χ4v) is 2.91. The van der Waals surface area contributed by atoms with Gasteiger partial charge in [0.1, 0.15) is 5.52 Å². The van der Waals surface area contributed by atoms with Crippen LogP contribution < -0.4 is 5.56 Å². The molecule has 110 valence electrons. The van der Waals surface area contributed by atoms with E-state index in [4.69, 9.17) is 0 Å². The van der Waals surface area contributed by atoms with Crippen LogP contribution in [0.5, 0.6) is 0 Å². The van der Waals surface area contributed by atoms with Gasteiger partial charge in [0.2, 0.25) is 0 Å². The van der Waals surface area contributed by atoms with Gasteiger partial charge >= 0.3 is 0 Å². The molecule has 0 saturated carbocycles. The maximum atomic E-state index is 12.7. The van der Waals surface area contributed by atoms with E-state index < -0.39 is 0 Å². The molecule has 2 aromatic heterocycles. The number of hydrogen-bond donors (Lipinski definition) is 0. The molecule has 4 heteroatoms. The van der Waals surface area contributed by atoms with E-state index in [9.17, 15) is 4.79 Å². The Labute approximate surface area is 124 Å². The van der Waals surface area contributed by atoms with Crippen LogP contribution in [-0.4, -0.2) is 33.5 Å². The first kappa shape index (κ1) is 13.9. The van der Waals surface area contributed by atoms with E-state index >= 15 is 0 Å². The van der Waals surface area contributed by atoms with E-state index in [0.717, 1.165) is 42.7 Å². The van der Waals surface area contributed by atoms with Crippen LogP contribution in [0.1, 0.15) is 13.8 Å². The fourth-order valence-electron chi connectivity index (χ4n) is 2.91. The van der Waals surface area contributed by atoms with Crippen molar-refractivity contribution >= 4 is 16.6 Å². The van der Waals surface area contributed by atoms with Crippen molar-refractivity contribution in [2.75, 3.05) is 19.6 Å². The van der Waals surface area contributed by atoms with E-state index in [1.807, 2.05) is 45.5 Å². The molecule has 0 aliphatic rings. The second-order valence-electron chi connectivity index (χ2n) is 5.24. The smallest absolute Gasteiger partial charge is 0.275 e. The Morgan fingerprint density at radius 2 is 1.62 bits per heavy atom. The third-order valence-corrected chi connectivity index (χ3v) is 4.18. The largest absolute Gasteiger partial charge is 0.310 e. The summed E-state index contributed by atoms with van der Waals surface area (Å²) in [6.45, 7) is 7.95. The van der Waals surface area contributed by atoms with Crippen molar-refractivity contribution in [3.05, 3.63) is 52.9 Å². The van der Waals surface area contributed by atoms with Gasteiger partial charge in [0.05, 0.1) is 11.0 Å². The van der Waals surface area contributed by atoms with Crippen LogP contribution >= 0.6 is 0 Å². The first-order valence-electron chi connectivity index (χ1n) is 7.57. The van der Waals surface area contributed by atoms with Crippen LogP contribution in [0.25, 0.3) is 16.6 Å². The predicted octanol–water partition coefficient (Wildman–Crippen LogP) is 2.60. The van der Waals surface area contributed by atoms with E-state index in [1.165, 1.54) is 0 Å². The van der Waals surface area contributed by atoms with Gasteiger partial charge in [-0.2, -0.15) is 0 Å². The highest BCUT2D eigenvalue weighted by Gasteiger charge is 2.10. The summed E-state index contributed by atoms with van der Waals surface area (Å²) >= 11 is 0. The topological polar surface area (TPSA) is 29.7 Å². The molecule has 0 amide bonds. The molecule has 1 aromatic carbocycles. The summed E-state index contributed by atoms with van der Waals surface area (Å²) in [5.74, 6) is 0. The van der Waals surface area contributed by atoms with Gasteiger partial charge in [-0.3, -0.25) is 4.79 Å². The van der Waals surface area contributed by atoms with Crippen molar-refractivity contribution in [3.8, 4) is 0 Å². The molecule has 0 aliphatic heterocycles. The van der Waals surface area contributed by atoms with Crippen molar-refractivity contribution in [1.29, 1.82) is 0 Å². The lowest BCUT2D eigenvalue weighted by Crippen LogP contribution is -2.31. The highest BCUT2D eigenvalue weighted by Crippen LogP contribution is 2.14. The highest BCUT2D eigenvalue weighted by atomic mass is 16.1. The number of aromatic nitrogens is 2. The maximum absolute atomic E-state index is 12.7. The number of fused-ring (bicyclic) bond motifs is 3. The van der Waals surface area contributed by atoms with Crippen molar-refractivity contribution < 1.29 is 0 Å². The SMILES string of the molecule is CCN(CC)CCn1c(=O)c2cccn2c2ccccc21. The Hall–Kier alpha value is -2.07. The summed E-state index contributed by atoms with van der Waals surface area (Å²) in [6, 6.07) is 11.9. The number of benzene rings is 1. The average Bonchev–Trinajstić information content (AvgIpc) is 3.01. The molecular formula is C17H21N3O. The maximum Gasteiger partial charge on any atom is 0.275 e. The van der Waals surface area contributed by atoms with Gasteiger partial charge in [-0.05, 0) is 37.4 Å². The molecule has 0 fully saturated rings. The summed E-state index contributed by atoms with van der Waals surface area (Å²) in [7, 11) is 0. The van der Waals surface area contributed by atoms with Crippen molar-refractivity contribution in [2.45, 2.75) is 20.4 Å². The van der Waals surface area contributed by atoms with Crippen molar-refractivity contribution in [2.24, 2.45) is 0 Å². The average molecular weight is 283 g/mol. The van der Waals surface area contributed by atoms with Crippen LogP contribution in [-0.2, 0) is 6.54 Å². The first-order chi connectivity index (χ1) is 10.3. The monoisotopic (exact) mass is 283 g/mol. The van der Waals surface area contributed by atoms with Gasteiger partial charge in [-0.25, -0.2) is 0 Å². The van der Waals surface area contributed by atoms with Gasteiger partial charge < -0.3 is 13.9 Å². The lowest BCUT2D eigenvalue weighted by molar-refractivity contribution is 0.291. The summed E-state index contributed by atoms with van der Waals surface area (Å²) in [5, 5.41) is 0. The van der Waals surface area contributed by atoms with Crippen LogP contribution in [0.2, 0.25) is 0 Å². The summed E-state index contributed by atoms with van der Waals surface area (Å²) in [5.41, 5.74) is 2.91. The van der Waals surface area contributed by atoms with Gasteiger partial charge in [0, 0.05) is 19.3 Å². The fraction of sp³-hybridized carbons (Fsp3) is 0.353. The minimum atomic E-state index is 0.0888. The van der Waals surface area contributed by atoms with Crippen molar-refractivity contribution in [3.63, 3.8) is 0 Å². The molecule has 2 heterocycles. The molecule has 21 heavy (non-hydrogen) atoms. The molecule has 0 atom stereocenters.